The molecule has 2 rings (SSSR count). The molecule has 0 aromatic carbocycles. The molecular weight excluding hydrogens is 178 g/mol. The number of likely N-dealkylation sites (tertiary alicyclic amines) is 1. The maximum Gasteiger partial charge on any atom is 0.239 e. The maximum absolute atomic E-state index is 11.9. The van der Waals surface area contributed by atoms with Crippen LogP contribution in [0.25, 0.3) is 0 Å². The quantitative estimate of drug-likeness (QED) is 0.630. The molecule has 0 radical (unpaired) electrons. The summed E-state index contributed by atoms with van der Waals surface area (Å²) in [5.74, 6) is 0.513. The largest absolute Gasteiger partial charge is 0.341 e. The van der Waals surface area contributed by atoms with Crippen molar-refractivity contribution in [2.75, 3.05) is 26.2 Å². The lowest BCUT2D eigenvalue weighted by Gasteiger charge is -2.23. The minimum absolute atomic E-state index is 0.163. The average Bonchev–Trinajstić information content (AvgIpc) is 2.87. The second-order valence-electron chi connectivity index (χ2n) is 4.31. The van der Waals surface area contributed by atoms with Crippen LogP contribution in [0.2, 0.25) is 0 Å². The Labute approximate surface area is 84.8 Å². The van der Waals surface area contributed by atoms with E-state index >= 15 is 0 Å². The topological polar surface area (TPSA) is 58.4 Å². The van der Waals surface area contributed by atoms with E-state index in [1.807, 2.05) is 4.90 Å². The number of nitrogens with one attached hydrogen (secondary N) is 1. The zero-order valence-electron chi connectivity index (χ0n) is 8.54. The molecule has 0 aromatic rings. The first kappa shape index (κ1) is 9.93. The van der Waals surface area contributed by atoms with Gasteiger partial charge in [-0.1, -0.05) is 0 Å². The molecule has 2 saturated heterocycles. The molecule has 2 fully saturated rings. The molecule has 4 nitrogen and oxygen atoms in total. The maximum atomic E-state index is 11.9. The summed E-state index contributed by atoms with van der Waals surface area (Å²) >= 11 is 0. The number of amides is 1. The Balaban J connectivity index is 1.89. The molecule has 14 heavy (non-hydrogen) atoms. The van der Waals surface area contributed by atoms with Crippen molar-refractivity contribution in [2.24, 2.45) is 11.7 Å². The van der Waals surface area contributed by atoms with Crippen LogP contribution in [0.5, 0.6) is 0 Å². The van der Waals surface area contributed by atoms with Gasteiger partial charge >= 0.3 is 0 Å². The number of nitrogens with zero attached hydrogens (tertiary/aromatic N) is 1. The number of hydrogen-bond acceptors (Lipinski definition) is 3. The van der Waals surface area contributed by atoms with Gasteiger partial charge in [-0.25, -0.2) is 0 Å². The Morgan fingerprint density at radius 2 is 2.14 bits per heavy atom. The first-order chi connectivity index (χ1) is 6.79. The third kappa shape index (κ3) is 1.91. The van der Waals surface area contributed by atoms with Gasteiger partial charge in [-0.15, -0.1) is 0 Å². The second-order valence-corrected chi connectivity index (χ2v) is 4.31. The molecule has 0 aliphatic carbocycles. The molecule has 0 spiro atoms. The summed E-state index contributed by atoms with van der Waals surface area (Å²) in [6.07, 6.45) is 3.32. The van der Waals surface area contributed by atoms with Gasteiger partial charge in [0.2, 0.25) is 5.91 Å². The van der Waals surface area contributed by atoms with E-state index in [9.17, 15) is 4.79 Å². The Hall–Kier alpha value is -0.610. The summed E-state index contributed by atoms with van der Waals surface area (Å²) < 4.78 is 0. The van der Waals surface area contributed by atoms with Crippen molar-refractivity contribution in [3.05, 3.63) is 0 Å². The molecular formula is C10H19N3O. The molecule has 2 atom stereocenters. The van der Waals surface area contributed by atoms with Crippen LogP contribution in [0.4, 0.5) is 0 Å². The molecule has 0 saturated carbocycles. The van der Waals surface area contributed by atoms with E-state index in [0.29, 0.717) is 5.92 Å². The van der Waals surface area contributed by atoms with E-state index in [-0.39, 0.29) is 11.9 Å². The zero-order valence-corrected chi connectivity index (χ0v) is 8.54. The molecule has 1 amide bonds. The standard InChI is InChI=1S/C10H19N3O/c11-9(8-3-4-12-7-8)10(14)13-5-1-2-6-13/h8-9,12H,1-7,11H2. The lowest BCUT2D eigenvalue weighted by molar-refractivity contribution is -0.132. The van der Waals surface area contributed by atoms with Crippen LogP contribution in [0.3, 0.4) is 0 Å². The minimum Gasteiger partial charge on any atom is -0.341 e. The number of nitrogens with two attached hydrogens (primary N) is 1. The van der Waals surface area contributed by atoms with E-state index in [2.05, 4.69) is 5.32 Å². The van der Waals surface area contributed by atoms with Crippen LogP contribution < -0.4 is 11.1 Å². The molecule has 4 heteroatoms. The van der Waals surface area contributed by atoms with Gasteiger partial charge < -0.3 is 16.0 Å². The van der Waals surface area contributed by atoms with Crippen LogP contribution >= 0.6 is 0 Å². The fraction of sp³-hybridized carbons (Fsp3) is 0.900. The molecule has 0 bridgehead atoms. The van der Waals surface area contributed by atoms with Gasteiger partial charge in [-0.3, -0.25) is 4.79 Å². The Morgan fingerprint density at radius 3 is 2.71 bits per heavy atom. The van der Waals surface area contributed by atoms with E-state index in [0.717, 1.165) is 45.4 Å². The van der Waals surface area contributed by atoms with Gasteiger partial charge in [-0.2, -0.15) is 0 Å². The Kier molecular flexibility index (Phi) is 3.03. The Morgan fingerprint density at radius 1 is 1.43 bits per heavy atom. The molecule has 2 aliphatic rings. The smallest absolute Gasteiger partial charge is 0.239 e. The van der Waals surface area contributed by atoms with Crippen molar-refractivity contribution >= 4 is 5.91 Å². The van der Waals surface area contributed by atoms with Crippen molar-refractivity contribution in [1.82, 2.24) is 10.2 Å². The third-order valence-electron chi connectivity index (χ3n) is 3.31. The van der Waals surface area contributed by atoms with Crippen LogP contribution in [0.15, 0.2) is 0 Å². The highest BCUT2D eigenvalue weighted by atomic mass is 16.2. The summed E-state index contributed by atoms with van der Waals surface area (Å²) in [6, 6.07) is -0.275. The monoisotopic (exact) mass is 197 g/mol. The molecule has 2 unspecified atom stereocenters. The summed E-state index contributed by atoms with van der Waals surface area (Å²) in [4.78, 5) is 13.8. The van der Waals surface area contributed by atoms with Gasteiger partial charge in [0.1, 0.15) is 0 Å². The van der Waals surface area contributed by atoms with Crippen molar-refractivity contribution in [1.29, 1.82) is 0 Å². The fourth-order valence-corrected chi connectivity index (χ4v) is 2.33. The molecule has 2 aliphatic heterocycles. The fourth-order valence-electron chi connectivity index (χ4n) is 2.33. The number of carbonyl (C=O) groups excluding carboxylic acids is 1. The number of rotatable bonds is 2. The van der Waals surface area contributed by atoms with Crippen molar-refractivity contribution in [2.45, 2.75) is 25.3 Å². The third-order valence-corrected chi connectivity index (χ3v) is 3.31. The predicted octanol–water partition coefficient (Wildman–Crippen LogP) is -0.454. The SMILES string of the molecule is NC(C(=O)N1CCCC1)C1CCNC1. The van der Waals surface area contributed by atoms with Crippen LogP contribution in [-0.4, -0.2) is 43.0 Å². The first-order valence-corrected chi connectivity index (χ1v) is 5.54. The van der Waals surface area contributed by atoms with Crippen LogP contribution in [0, 0.1) is 5.92 Å². The van der Waals surface area contributed by atoms with Gasteiger partial charge in [-0.05, 0) is 38.3 Å². The second kappa shape index (κ2) is 4.28. The minimum atomic E-state index is -0.275. The van der Waals surface area contributed by atoms with Gasteiger partial charge in [0.05, 0.1) is 6.04 Å². The van der Waals surface area contributed by atoms with Crippen molar-refractivity contribution in [3.8, 4) is 0 Å². The summed E-state index contributed by atoms with van der Waals surface area (Å²) in [5, 5.41) is 3.25. The highest BCUT2D eigenvalue weighted by Crippen LogP contribution is 2.16. The summed E-state index contributed by atoms with van der Waals surface area (Å²) in [6.45, 7) is 3.73. The first-order valence-electron chi connectivity index (χ1n) is 5.54. The van der Waals surface area contributed by atoms with E-state index in [1.54, 1.807) is 0 Å². The van der Waals surface area contributed by atoms with Gasteiger partial charge in [0, 0.05) is 13.1 Å². The normalized spacial score (nSPS) is 29.5. The predicted molar refractivity (Wildman–Crippen MR) is 54.8 cm³/mol. The van der Waals surface area contributed by atoms with E-state index < -0.39 is 0 Å². The summed E-state index contributed by atoms with van der Waals surface area (Å²) in [5.41, 5.74) is 5.97. The average molecular weight is 197 g/mol. The van der Waals surface area contributed by atoms with Crippen LogP contribution in [0.1, 0.15) is 19.3 Å². The van der Waals surface area contributed by atoms with Crippen molar-refractivity contribution < 1.29 is 4.79 Å². The van der Waals surface area contributed by atoms with Gasteiger partial charge in [0.25, 0.3) is 0 Å². The zero-order chi connectivity index (χ0) is 9.97. The van der Waals surface area contributed by atoms with Crippen molar-refractivity contribution in [3.63, 3.8) is 0 Å². The molecule has 3 N–H and O–H groups in total. The lowest BCUT2D eigenvalue weighted by atomic mass is 9.99. The number of hydrogen-bond donors (Lipinski definition) is 2. The highest BCUT2D eigenvalue weighted by Gasteiger charge is 2.31. The molecule has 0 aromatic heterocycles. The summed E-state index contributed by atoms with van der Waals surface area (Å²) in [7, 11) is 0. The van der Waals surface area contributed by atoms with Crippen LogP contribution in [-0.2, 0) is 4.79 Å². The van der Waals surface area contributed by atoms with E-state index in [1.165, 1.54) is 0 Å². The molecule has 2 heterocycles. The van der Waals surface area contributed by atoms with Gasteiger partial charge in [0.15, 0.2) is 0 Å². The highest BCUT2D eigenvalue weighted by molar-refractivity contribution is 5.82. The van der Waals surface area contributed by atoms with E-state index in [4.69, 9.17) is 5.73 Å². The lowest BCUT2D eigenvalue weighted by Crippen LogP contribution is -2.47. The Bertz CT molecular complexity index is 207. The molecule has 80 valence electrons. The number of carbonyl (C=O) groups is 1.